The Hall–Kier alpha value is -2.83. The van der Waals surface area contributed by atoms with Crippen molar-refractivity contribution in [3.05, 3.63) is 99.5 Å². The van der Waals surface area contributed by atoms with Crippen molar-refractivity contribution >= 4 is 39.3 Å². The van der Waals surface area contributed by atoms with Crippen LogP contribution in [0.1, 0.15) is 30.9 Å². The van der Waals surface area contributed by atoms with Crippen LogP contribution in [0.4, 0.5) is 0 Å². The monoisotopic (exact) mass is 556 g/mol. The molecule has 0 unspecified atom stereocenters. The largest absolute Gasteiger partial charge is 0.484 e. The maximum Gasteiger partial charge on any atom is 0.261 e. The summed E-state index contributed by atoms with van der Waals surface area (Å²) in [7, 11) is 0. The van der Waals surface area contributed by atoms with Crippen LogP contribution >= 0.6 is 27.5 Å². The molecule has 3 aromatic rings. The Bertz CT molecular complexity index is 1090. The number of benzene rings is 3. The molecule has 3 rings (SSSR count). The van der Waals surface area contributed by atoms with Gasteiger partial charge in [0.05, 0.1) is 0 Å². The molecule has 2 amide bonds. The number of nitrogens with zero attached hydrogens (tertiary/aromatic N) is 1. The number of amides is 2. The second kappa shape index (κ2) is 13.9. The summed E-state index contributed by atoms with van der Waals surface area (Å²) in [6, 6.07) is 23.7. The Morgan fingerprint density at radius 1 is 1.00 bits per heavy atom. The summed E-state index contributed by atoms with van der Waals surface area (Å²) in [6.07, 6.45) is 2.25. The predicted molar refractivity (Wildman–Crippen MR) is 143 cm³/mol. The van der Waals surface area contributed by atoms with Crippen LogP contribution in [0.5, 0.6) is 5.75 Å². The van der Waals surface area contributed by atoms with Crippen LogP contribution in [-0.2, 0) is 22.6 Å². The van der Waals surface area contributed by atoms with Crippen LogP contribution in [0, 0.1) is 0 Å². The summed E-state index contributed by atoms with van der Waals surface area (Å²) >= 11 is 9.45. The molecule has 0 aromatic heterocycles. The first-order valence-corrected chi connectivity index (χ1v) is 12.9. The van der Waals surface area contributed by atoms with Gasteiger partial charge in [-0.25, -0.2) is 0 Å². The fourth-order valence-electron chi connectivity index (χ4n) is 3.65. The van der Waals surface area contributed by atoms with Crippen molar-refractivity contribution in [3.8, 4) is 5.75 Å². The zero-order valence-corrected chi connectivity index (χ0v) is 22.1. The van der Waals surface area contributed by atoms with E-state index >= 15 is 0 Å². The van der Waals surface area contributed by atoms with Crippen molar-refractivity contribution in [1.82, 2.24) is 10.2 Å². The van der Waals surface area contributed by atoms with E-state index in [1.165, 1.54) is 0 Å². The van der Waals surface area contributed by atoms with E-state index in [0.717, 1.165) is 28.4 Å². The van der Waals surface area contributed by atoms with E-state index in [1.807, 2.05) is 54.6 Å². The molecular formula is C28H30BrClN2O3. The van der Waals surface area contributed by atoms with Crippen molar-refractivity contribution in [2.24, 2.45) is 0 Å². The Morgan fingerprint density at radius 2 is 1.71 bits per heavy atom. The first-order chi connectivity index (χ1) is 17.0. The van der Waals surface area contributed by atoms with Crippen LogP contribution in [-0.4, -0.2) is 35.9 Å². The van der Waals surface area contributed by atoms with Crippen molar-refractivity contribution in [2.45, 2.75) is 38.8 Å². The average Bonchev–Trinajstić information content (AvgIpc) is 2.86. The summed E-state index contributed by atoms with van der Waals surface area (Å²) in [5.74, 6) is 0.0980. The highest BCUT2D eigenvalue weighted by atomic mass is 79.9. The molecule has 0 aliphatic carbocycles. The SMILES string of the molecule is CCCCNC(=O)[C@H](Cc1ccccc1)N(Cc1cccc(Br)c1)C(=O)COc1ccc(Cl)cc1. The number of hydrogen-bond acceptors (Lipinski definition) is 3. The fourth-order valence-corrected chi connectivity index (χ4v) is 4.22. The number of ether oxygens (including phenoxy) is 1. The predicted octanol–water partition coefficient (Wildman–Crippen LogP) is 6.04. The molecule has 0 radical (unpaired) electrons. The fraction of sp³-hybridized carbons (Fsp3) is 0.286. The van der Waals surface area contributed by atoms with Gasteiger partial charge in [0.2, 0.25) is 5.91 Å². The molecule has 0 heterocycles. The highest BCUT2D eigenvalue weighted by Crippen LogP contribution is 2.19. The summed E-state index contributed by atoms with van der Waals surface area (Å²) in [6.45, 7) is 2.73. The van der Waals surface area contributed by atoms with Crippen molar-refractivity contribution in [3.63, 3.8) is 0 Å². The van der Waals surface area contributed by atoms with Gasteiger partial charge in [-0.2, -0.15) is 0 Å². The first-order valence-electron chi connectivity index (χ1n) is 11.7. The average molecular weight is 558 g/mol. The molecule has 5 nitrogen and oxygen atoms in total. The molecule has 0 fully saturated rings. The first kappa shape index (κ1) is 26.8. The minimum absolute atomic E-state index is 0.169. The van der Waals surface area contributed by atoms with Crippen LogP contribution in [0.3, 0.4) is 0 Å². The summed E-state index contributed by atoms with van der Waals surface area (Å²) in [5, 5.41) is 3.61. The van der Waals surface area contributed by atoms with Crippen LogP contribution in [0.15, 0.2) is 83.3 Å². The van der Waals surface area contributed by atoms with Gasteiger partial charge in [0.15, 0.2) is 6.61 Å². The van der Waals surface area contributed by atoms with Gasteiger partial charge in [-0.3, -0.25) is 9.59 Å². The van der Waals surface area contributed by atoms with E-state index in [-0.39, 0.29) is 25.0 Å². The molecule has 0 bridgehead atoms. The maximum absolute atomic E-state index is 13.5. The van der Waals surface area contributed by atoms with E-state index < -0.39 is 6.04 Å². The van der Waals surface area contributed by atoms with E-state index in [0.29, 0.717) is 23.7 Å². The van der Waals surface area contributed by atoms with Gasteiger partial charge < -0.3 is 15.0 Å². The molecule has 0 saturated heterocycles. The lowest BCUT2D eigenvalue weighted by atomic mass is 10.0. The zero-order valence-electron chi connectivity index (χ0n) is 19.8. The minimum Gasteiger partial charge on any atom is -0.484 e. The molecule has 3 aromatic carbocycles. The molecule has 0 saturated carbocycles. The topological polar surface area (TPSA) is 58.6 Å². The Balaban J connectivity index is 1.87. The third-order valence-corrected chi connectivity index (χ3v) is 6.26. The lowest BCUT2D eigenvalue weighted by Gasteiger charge is -2.31. The highest BCUT2D eigenvalue weighted by molar-refractivity contribution is 9.10. The lowest BCUT2D eigenvalue weighted by Crippen LogP contribution is -2.51. The van der Waals surface area contributed by atoms with Gasteiger partial charge in [-0.15, -0.1) is 0 Å². The van der Waals surface area contributed by atoms with E-state index in [1.54, 1.807) is 29.2 Å². The zero-order chi connectivity index (χ0) is 25.0. The molecule has 0 aliphatic rings. The Labute approximate surface area is 220 Å². The molecule has 0 spiro atoms. The van der Waals surface area contributed by atoms with Crippen LogP contribution in [0.2, 0.25) is 5.02 Å². The van der Waals surface area contributed by atoms with Gasteiger partial charge in [0.25, 0.3) is 5.91 Å². The smallest absolute Gasteiger partial charge is 0.261 e. The summed E-state index contributed by atoms with van der Waals surface area (Å²) in [5.41, 5.74) is 1.90. The number of halogens is 2. The molecule has 35 heavy (non-hydrogen) atoms. The number of unbranched alkanes of at least 4 members (excludes halogenated alkanes) is 1. The quantitative estimate of drug-likeness (QED) is 0.276. The van der Waals surface area contributed by atoms with Crippen LogP contribution < -0.4 is 10.1 Å². The van der Waals surface area contributed by atoms with E-state index in [2.05, 4.69) is 28.2 Å². The van der Waals surface area contributed by atoms with E-state index in [4.69, 9.17) is 16.3 Å². The number of carbonyl (C=O) groups is 2. The Morgan fingerprint density at radius 3 is 2.40 bits per heavy atom. The molecule has 7 heteroatoms. The van der Waals surface area contributed by atoms with Gasteiger partial charge in [-0.1, -0.05) is 83.3 Å². The molecule has 1 atom stereocenters. The number of rotatable bonds is 12. The molecular weight excluding hydrogens is 528 g/mol. The van der Waals surface area contributed by atoms with Crippen molar-refractivity contribution in [2.75, 3.05) is 13.2 Å². The third kappa shape index (κ3) is 8.71. The van der Waals surface area contributed by atoms with Crippen LogP contribution in [0.25, 0.3) is 0 Å². The number of nitrogens with one attached hydrogen (secondary N) is 1. The normalized spacial score (nSPS) is 11.5. The van der Waals surface area contributed by atoms with Gasteiger partial charge in [0.1, 0.15) is 11.8 Å². The minimum atomic E-state index is -0.686. The van der Waals surface area contributed by atoms with Gasteiger partial charge >= 0.3 is 0 Å². The molecule has 1 N–H and O–H groups in total. The number of carbonyl (C=O) groups excluding carboxylic acids is 2. The highest BCUT2D eigenvalue weighted by Gasteiger charge is 2.30. The lowest BCUT2D eigenvalue weighted by molar-refractivity contribution is -0.142. The second-order valence-corrected chi connectivity index (χ2v) is 9.60. The standard InChI is InChI=1S/C28H30BrClN2O3/c1-2-3-16-31-28(34)26(18-21-8-5-4-6-9-21)32(19-22-10-7-11-23(29)17-22)27(33)20-35-25-14-12-24(30)13-15-25/h4-15,17,26H,2-3,16,18-20H2,1H3,(H,31,34)/t26-/m0/s1. The van der Waals surface area contributed by atoms with Gasteiger partial charge in [-0.05, 0) is 53.9 Å². The van der Waals surface area contributed by atoms with E-state index in [9.17, 15) is 9.59 Å². The summed E-state index contributed by atoms with van der Waals surface area (Å²) < 4.78 is 6.66. The molecule has 0 aliphatic heterocycles. The van der Waals surface area contributed by atoms with Crippen molar-refractivity contribution < 1.29 is 14.3 Å². The maximum atomic E-state index is 13.5. The second-order valence-electron chi connectivity index (χ2n) is 8.24. The van der Waals surface area contributed by atoms with Crippen molar-refractivity contribution in [1.29, 1.82) is 0 Å². The van der Waals surface area contributed by atoms with Gasteiger partial charge in [0, 0.05) is 29.0 Å². The number of hydrogen-bond donors (Lipinski definition) is 1. The Kier molecular flexibility index (Phi) is 10.6. The third-order valence-electron chi connectivity index (χ3n) is 5.52. The molecule has 184 valence electrons. The summed E-state index contributed by atoms with van der Waals surface area (Å²) in [4.78, 5) is 28.5.